The van der Waals surface area contributed by atoms with Crippen molar-refractivity contribution in [2.45, 2.75) is 26.9 Å². The van der Waals surface area contributed by atoms with Crippen molar-refractivity contribution < 1.29 is 9.63 Å². The van der Waals surface area contributed by atoms with Gasteiger partial charge >= 0.3 is 0 Å². The minimum Gasteiger partial charge on any atom is -0.334 e. The molecule has 0 unspecified atom stereocenters. The number of anilines is 1. The zero-order chi connectivity index (χ0) is 21.3. The van der Waals surface area contributed by atoms with E-state index in [1.165, 1.54) is 4.80 Å². The quantitative estimate of drug-likeness (QED) is 0.634. The van der Waals surface area contributed by atoms with Crippen molar-refractivity contribution in [2.75, 3.05) is 24.7 Å². The van der Waals surface area contributed by atoms with Gasteiger partial charge in [-0.25, -0.2) is 15.0 Å². The van der Waals surface area contributed by atoms with Gasteiger partial charge in [-0.3, -0.25) is 9.63 Å². The maximum atomic E-state index is 13.4. The second kappa shape index (κ2) is 8.37. The van der Waals surface area contributed by atoms with E-state index in [-0.39, 0.29) is 12.0 Å². The zero-order valence-corrected chi connectivity index (χ0v) is 17.7. The minimum absolute atomic E-state index is 0.155. The highest BCUT2D eigenvalue weighted by atomic mass is 35.5. The van der Waals surface area contributed by atoms with Crippen LogP contribution < -0.4 is 5.06 Å². The molecule has 1 aliphatic rings. The minimum atomic E-state index is -0.225. The Bertz CT molecular complexity index is 1040. The normalized spacial score (nSPS) is 17.1. The number of halogens is 1. The average Bonchev–Trinajstić information content (AvgIpc) is 3.15. The van der Waals surface area contributed by atoms with Crippen LogP contribution in [0.3, 0.4) is 0 Å². The third-order valence-electron chi connectivity index (χ3n) is 4.68. The molecule has 0 saturated carbocycles. The summed E-state index contributed by atoms with van der Waals surface area (Å²) < 4.78 is 0. The molecule has 1 atom stereocenters. The average molecular weight is 428 g/mol. The molecule has 9 nitrogen and oxygen atoms in total. The maximum Gasteiger partial charge on any atom is 0.256 e. The largest absolute Gasteiger partial charge is 0.334 e. The Labute approximate surface area is 179 Å². The van der Waals surface area contributed by atoms with E-state index in [4.69, 9.17) is 16.4 Å². The third kappa shape index (κ3) is 4.27. The van der Waals surface area contributed by atoms with Crippen LogP contribution in [0.4, 0.5) is 5.82 Å². The number of hydrogen-bond acceptors (Lipinski definition) is 7. The van der Waals surface area contributed by atoms with E-state index >= 15 is 0 Å². The number of hydrogen-bond donors (Lipinski definition) is 0. The summed E-state index contributed by atoms with van der Waals surface area (Å²) in [6.45, 7) is 7.05. The first-order chi connectivity index (χ1) is 14.4. The van der Waals surface area contributed by atoms with Crippen LogP contribution in [0.2, 0.25) is 5.02 Å². The number of rotatable bonds is 3. The van der Waals surface area contributed by atoms with Crippen molar-refractivity contribution >= 4 is 23.3 Å². The lowest BCUT2D eigenvalue weighted by molar-refractivity contribution is 0.0422. The van der Waals surface area contributed by atoms with Crippen molar-refractivity contribution in [1.29, 1.82) is 0 Å². The standard InChI is InChI=1S/C20H22ClN7O2/c1-13-10-19(25-15(3)24-13)27-9-8-26(12-14(2)30-27)20(29)17-11-16(21)4-5-18(17)28-22-6-7-23-28/h4-7,10-11,14H,8-9,12H2,1-3H3/t14-/m0/s1. The van der Waals surface area contributed by atoms with Crippen molar-refractivity contribution in [3.05, 3.63) is 58.8 Å². The van der Waals surface area contributed by atoms with Gasteiger partial charge in [-0.15, -0.1) is 0 Å². The number of benzene rings is 1. The Morgan fingerprint density at radius 2 is 1.90 bits per heavy atom. The van der Waals surface area contributed by atoms with Crippen molar-refractivity contribution in [3.8, 4) is 5.69 Å². The molecule has 4 rings (SSSR count). The van der Waals surface area contributed by atoms with Crippen molar-refractivity contribution in [3.63, 3.8) is 0 Å². The van der Waals surface area contributed by atoms with Crippen molar-refractivity contribution in [1.82, 2.24) is 29.9 Å². The molecule has 1 saturated heterocycles. The van der Waals surface area contributed by atoms with Gasteiger partial charge in [-0.1, -0.05) is 11.6 Å². The number of hydroxylamine groups is 1. The van der Waals surface area contributed by atoms with Crippen LogP contribution in [0.25, 0.3) is 5.69 Å². The van der Waals surface area contributed by atoms with E-state index in [0.29, 0.717) is 47.6 Å². The molecular formula is C20H22ClN7O2. The van der Waals surface area contributed by atoms with Gasteiger partial charge < -0.3 is 4.90 Å². The van der Waals surface area contributed by atoms with Gasteiger partial charge in [0.15, 0.2) is 5.82 Å². The number of aryl methyl sites for hydroxylation is 2. The lowest BCUT2D eigenvalue weighted by atomic mass is 10.1. The summed E-state index contributed by atoms with van der Waals surface area (Å²) in [5, 5.41) is 10.5. The summed E-state index contributed by atoms with van der Waals surface area (Å²) in [5.41, 5.74) is 1.88. The molecule has 1 fully saturated rings. The highest BCUT2D eigenvalue weighted by Gasteiger charge is 2.28. The number of nitrogens with zero attached hydrogens (tertiary/aromatic N) is 7. The molecule has 2 aromatic heterocycles. The third-order valence-corrected chi connectivity index (χ3v) is 4.91. The van der Waals surface area contributed by atoms with Crippen LogP contribution in [0.5, 0.6) is 0 Å². The first-order valence-electron chi connectivity index (χ1n) is 9.63. The van der Waals surface area contributed by atoms with E-state index in [1.54, 1.807) is 40.6 Å². The summed E-state index contributed by atoms with van der Waals surface area (Å²) in [7, 11) is 0. The number of carbonyl (C=O) groups excluding carboxylic acids is 1. The molecule has 3 heterocycles. The van der Waals surface area contributed by atoms with Crippen molar-refractivity contribution in [2.24, 2.45) is 0 Å². The molecule has 0 aliphatic carbocycles. The van der Waals surface area contributed by atoms with E-state index in [0.717, 1.165) is 5.69 Å². The summed E-state index contributed by atoms with van der Waals surface area (Å²) in [6, 6.07) is 6.97. The van der Waals surface area contributed by atoms with E-state index in [1.807, 2.05) is 26.8 Å². The molecule has 1 amide bonds. The Hall–Kier alpha value is -3.04. The van der Waals surface area contributed by atoms with Crippen LogP contribution in [0, 0.1) is 13.8 Å². The number of aromatic nitrogens is 5. The van der Waals surface area contributed by atoms with Crippen LogP contribution in [0.15, 0.2) is 36.7 Å². The van der Waals surface area contributed by atoms with E-state index < -0.39 is 0 Å². The highest BCUT2D eigenvalue weighted by Crippen LogP contribution is 2.23. The Morgan fingerprint density at radius 3 is 2.63 bits per heavy atom. The second-order valence-corrected chi connectivity index (χ2v) is 7.60. The lowest BCUT2D eigenvalue weighted by Gasteiger charge is -2.22. The molecule has 1 aromatic carbocycles. The summed E-state index contributed by atoms with van der Waals surface area (Å²) in [6.07, 6.45) is 2.90. The lowest BCUT2D eigenvalue weighted by Crippen LogP contribution is -2.37. The molecule has 1 aliphatic heterocycles. The highest BCUT2D eigenvalue weighted by molar-refractivity contribution is 6.31. The zero-order valence-electron chi connectivity index (χ0n) is 17.0. The summed E-state index contributed by atoms with van der Waals surface area (Å²) >= 11 is 6.19. The molecule has 156 valence electrons. The first-order valence-corrected chi connectivity index (χ1v) is 10.0. The molecule has 0 spiro atoms. The van der Waals surface area contributed by atoms with E-state index in [2.05, 4.69) is 20.2 Å². The van der Waals surface area contributed by atoms with Gasteiger partial charge in [-0.2, -0.15) is 15.0 Å². The fraction of sp³-hybridized carbons (Fsp3) is 0.350. The Morgan fingerprint density at radius 1 is 1.13 bits per heavy atom. The summed E-state index contributed by atoms with van der Waals surface area (Å²) in [4.78, 5) is 31.4. The number of carbonyl (C=O) groups is 1. The molecular weight excluding hydrogens is 406 g/mol. The fourth-order valence-electron chi connectivity index (χ4n) is 3.46. The first kappa shape index (κ1) is 20.2. The van der Waals surface area contributed by atoms with Crippen LogP contribution >= 0.6 is 11.6 Å². The topological polar surface area (TPSA) is 89.3 Å². The molecule has 3 aromatic rings. The predicted molar refractivity (Wildman–Crippen MR) is 112 cm³/mol. The molecule has 0 bridgehead atoms. The van der Waals surface area contributed by atoms with Gasteiger partial charge in [0.1, 0.15) is 11.9 Å². The van der Waals surface area contributed by atoms with Gasteiger partial charge in [0, 0.05) is 29.9 Å². The number of amides is 1. The monoisotopic (exact) mass is 427 g/mol. The molecule has 0 radical (unpaired) electrons. The van der Waals surface area contributed by atoms with Gasteiger partial charge in [-0.05, 0) is 39.0 Å². The van der Waals surface area contributed by atoms with Crippen LogP contribution in [-0.4, -0.2) is 61.5 Å². The van der Waals surface area contributed by atoms with Gasteiger partial charge in [0.05, 0.1) is 30.2 Å². The SMILES string of the molecule is Cc1cc(N2CCN(C(=O)c3cc(Cl)ccc3-n3nccn3)C[C@H](C)O2)nc(C)n1. The van der Waals surface area contributed by atoms with Gasteiger partial charge in [0.25, 0.3) is 5.91 Å². The Balaban J connectivity index is 1.60. The summed E-state index contributed by atoms with van der Waals surface area (Å²) in [5.74, 6) is 1.20. The maximum absolute atomic E-state index is 13.4. The molecule has 10 heteroatoms. The molecule has 0 N–H and O–H groups in total. The second-order valence-electron chi connectivity index (χ2n) is 7.16. The Kier molecular flexibility index (Phi) is 5.65. The molecule has 30 heavy (non-hydrogen) atoms. The van der Waals surface area contributed by atoms with E-state index in [9.17, 15) is 4.79 Å². The smallest absolute Gasteiger partial charge is 0.256 e. The van der Waals surface area contributed by atoms with Crippen LogP contribution in [-0.2, 0) is 4.84 Å². The predicted octanol–water partition coefficient (Wildman–Crippen LogP) is 2.61. The van der Waals surface area contributed by atoms with Crippen LogP contribution in [0.1, 0.15) is 28.8 Å². The fourth-order valence-corrected chi connectivity index (χ4v) is 3.63. The van der Waals surface area contributed by atoms with Gasteiger partial charge in [0.2, 0.25) is 0 Å².